The molecule has 2 aromatic carbocycles. The van der Waals surface area contributed by atoms with E-state index < -0.39 is 10.9 Å². The Bertz CT molecular complexity index is 731. The van der Waals surface area contributed by atoms with Crippen molar-refractivity contribution in [2.24, 2.45) is 0 Å². The molecule has 2 aromatic rings. The van der Waals surface area contributed by atoms with Gasteiger partial charge >= 0.3 is 5.97 Å². The largest absolute Gasteiger partial charge is 0.478 e. The maximum Gasteiger partial charge on any atom is 0.337 e. The van der Waals surface area contributed by atoms with Crippen molar-refractivity contribution < 1.29 is 14.8 Å². The second kappa shape index (κ2) is 5.80. The molecule has 0 amide bonds. The fraction of sp³-hybridized carbons (Fsp3) is 0.0714. The molecule has 0 aliphatic carbocycles. The van der Waals surface area contributed by atoms with Gasteiger partial charge in [-0.1, -0.05) is 11.6 Å². The number of nitro benzene ring substituents is 1. The van der Waals surface area contributed by atoms with Crippen molar-refractivity contribution >= 4 is 34.6 Å². The Morgan fingerprint density at radius 3 is 2.52 bits per heavy atom. The summed E-state index contributed by atoms with van der Waals surface area (Å²) in [5.74, 6) is -1.11. The van der Waals surface area contributed by atoms with E-state index in [9.17, 15) is 14.9 Å². The standard InChI is InChI=1S/C14H11ClN2O4/c1-8-4-10(6-11(5-8)17(20)21)16-9-2-3-12(14(18)19)13(15)7-9/h2-7,16H,1H3,(H,18,19). The predicted molar refractivity (Wildman–Crippen MR) is 79.5 cm³/mol. The number of aryl methyl sites for hydroxylation is 1. The third-order valence-corrected chi connectivity index (χ3v) is 3.07. The molecule has 0 saturated heterocycles. The molecule has 0 atom stereocenters. The van der Waals surface area contributed by atoms with Gasteiger partial charge in [-0.15, -0.1) is 0 Å². The third-order valence-electron chi connectivity index (χ3n) is 2.76. The topological polar surface area (TPSA) is 92.5 Å². The molecule has 0 fully saturated rings. The summed E-state index contributed by atoms with van der Waals surface area (Å²) in [6.45, 7) is 1.75. The quantitative estimate of drug-likeness (QED) is 0.658. The lowest BCUT2D eigenvalue weighted by atomic mass is 10.1. The fourth-order valence-electron chi connectivity index (χ4n) is 1.87. The number of halogens is 1. The molecule has 0 spiro atoms. The smallest absolute Gasteiger partial charge is 0.337 e. The van der Waals surface area contributed by atoms with Crippen molar-refractivity contribution in [2.75, 3.05) is 5.32 Å². The highest BCUT2D eigenvalue weighted by molar-refractivity contribution is 6.33. The number of hydrogen-bond acceptors (Lipinski definition) is 4. The van der Waals surface area contributed by atoms with Crippen LogP contribution in [0.25, 0.3) is 0 Å². The van der Waals surface area contributed by atoms with Gasteiger partial charge in [-0.25, -0.2) is 4.79 Å². The molecule has 0 bridgehead atoms. The Kier molecular flexibility index (Phi) is 4.09. The van der Waals surface area contributed by atoms with Crippen LogP contribution in [0.15, 0.2) is 36.4 Å². The van der Waals surface area contributed by atoms with Gasteiger partial charge in [-0.05, 0) is 36.8 Å². The summed E-state index contributed by atoms with van der Waals surface area (Å²) in [4.78, 5) is 21.2. The number of carboxylic acids is 1. The van der Waals surface area contributed by atoms with E-state index in [1.165, 1.54) is 24.3 Å². The molecular weight excluding hydrogens is 296 g/mol. The second-order valence-corrected chi connectivity index (χ2v) is 4.85. The van der Waals surface area contributed by atoms with Crippen LogP contribution in [0.1, 0.15) is 15.9 Å². The number of rotatable bonds is 4. The Morgan fingerprint density at radius 1 is 1.24 bits per heavy atom. The fourth-order valence-corrected chi connectivity index (χ4v) is 2.13. The van der Waals surface area contributed by atoms with Crippen molar-refractivity contribution in [2.45, 2.75) is 6.92 Å². The van der Waals surface area contributed by atoms with Crippen LogP contribution in [0, 0.1) is 17.0 Å². The number of carboxylic acid groups (broad SMARTS) is 1. The molecule has 0 unspecified atom stereocenters. The highest BCUT2D eigenvalue weighted by Crippen LogP contribution is 2.26. The minimum absolute atomic E-state index is 0.00237. The summed E-state index contributed by atoms with van der Waals surface area (Å²) in [5, 5.41) is 22.8. The highest BCUT2D eigenvalue weighted by atomic mass is 35.5. The average Bonchev–Trinajstić information content (AvgIpc) is 2.37. The molecule has 0 saturated carbocycles. The van der Waals surface area contributed by atoms with Crippen molar-refractivity contribution in [1.29, 1.82) is 0 Å². The molecule has 0 radical (unpaired) electrons. The number of anilines is 2. The number of benzene rings is 2. The first-order valence-corrected chi connectivity index (χ1v) is 6.30. The lowest BCUT2D eigenvalue weighted by Crippen LogP contribution is -1.99. The Balaban J connectivity index is 2.32. The number of nitrogens with one attached hydrogen (secondary N) is 1. The average molecular weight is 307 g/mol. The van der Waals surface area contributed by atoms with Gasteiger partial charge in [-0.2, -0.15) is 0 Å². The maximum absolute atomic E-state index is 10.9. The molecule has 2 rings (SSSR count). The molecule has 108 valence electrons. The van der Waals surface area contributed by atoms with E-state index in [2.05, 4.69) is 5.32 Å². The third kappa shape index (κ3) is 3.49. The number of aromatic carboxylic acids is 1. The van der Waals surface area contributed by atoms with Crippen LogP contribution < -0.4 is 5.32 Å². The van der Waals surface area contributed by atoms with E-state index in [0.717, 1.165) is 5.56 Å². The van der Waals surface area contributed by atoms with Gasteiger partial charge in [0, 0.05) is 23.5 Å². The van der Waals surface area contributed by atoms with Crippen LogP contribution in [-0.2, 0) is 0 Å². The SMILES string of the molecule is Cc1cc(Nc2ccc(C(=O)O)c(Cl)c2)cc([N+](=O)[O-])c1. The first kappa shape index (κ1) is 14.8. The molecule has 21 heavy (non-hydrogen) atoms. The zero-order valence-electron chi connectivity index (χ0n) is 11.0. The van der Waals surface area contributed by atoms with Crippen LogP contribution in [0.2, 0.25) is 5.02 Å². The Labute approximate surface area is 125 Å². The monoisotopic (exact) mass is 306 g/mol. The summed E-state index contributed by atoms with van der Waals surface area (Å²) in [6.07, 6.45) is 0. The molecule has 0 aromatic heterocycles. The molecule has 7 heteroatoms. The van der Waals surface area contributed by atoms with E-state index in [1.807, 2.05) is 0 Å². The van der Waals surface area contributed by atoms with Crippen LogP contribution >= 0.6 is 11.6 Å². The van der Waals surface area contributed by atoms with Gasteiger partial charge in [0.05, 0.1) is 15.5 Å². The minimum atomic E-state index is -1.11. The first-order chi connectivity index (χ1) is 9.86. The predicted octanol–water partition coefficient (Wildman–Crippen LogP) is 4.00. The van der Waals surface area contributed by atoms with Crippen molar-refractivity contribution in [1.82, 2.24) is 0 Å². The lowest BCUT2D eigenvalue weighted by molar-refractivity contribution is -0.384. The summed E-state index contributed by atoms with van der Waals surface area (Å²) < 4.78 is 0. The Morgan fingerprint density at radius 2 is 1.95 bits per heavy atom. The second-order valence-electron chi connectivity index (χ2n) is 4.44. The van der Waals surface area contributed by atoms with E-state index in [4.69, 9.17) is 16.7 Å². The number of hydrogen-bond donors (Lipinski definition) is 2. The molecule has 6 nitrogen and oxygen atoms in total. The van der Waals surface area contributed by atoms with E-state index >= 15 is 0 Å². The van der Waals surface area contributed by atoms with E-state index in [0.29, 0.717) is 11.4 Å². The minimum Gasteiger partial charge on any atom is -0.478 e. The zero-order valence-corrected chi connectivity index (χ0v) is 11.7. The number of non-ortho nitro benzene ring substituents is 1. The van der Waals surface area contributed by atoms with E-state index in [1.54, 1.807) is 19.1 Å². The van der Waals surface area contributed by atoms with Gasteiger partial charge in [0.2, 0.25) is 0 Å². The lowest BCUT2D eigenvalue weighted by Gasteiger charge is -2.09. The van der Waals surface area contributed by atoms with Crippen LogP contribution in [0.4, 0.5) is 17.1 Å². The Hall–Kier alpha value is -2.60. The molecule has 0 aliphatic heterocycles. The summed E-state index contributed by atoms with van der Waals surface area (Å²) in [7, 11) is 0. The summed E-state index contributed by atoms with van der Waals surface area (Å²) in [5.41, 5.74) is 1.79. The van der Waals surface area contributed by atoms with Crippen molar-refractivity contribution in [3.63, 3.8) is 0 Å². The summed E-state index contributed by atoms with van der Waals surface area (Å²) >= 11 is 5.87. The number of nitro groups is 1. The van der Waals surface area contributed by atoms with Crippen LogP contribution in [0.3, 0.4) is 0 Å². The molecule has 2 N–H and O–H groups in total. The van der Waals surface area contributed by atoms with Crippen LogP contribution in [0.5, 0.6) is 0 Å². The number of nitrogens with zero attached hydrogens (tertiary/aromatic N) is 1. The van der Waals surface area contributed by atoms with Gasteiger partial charge in [0.1, 0.15) is 0 Å². The van der Waals surface area contributed by atoms with Crippen molar-refractivity contribution in [3.05, 3.63) is 62.7 Å². The maximum atomic E-state index is 10.9. The molecule has 0 aliphatic rings. The highest BCUT2D eigenvalue weighted by Gasteiger charge is 2.11. The van der Waals surface area contributed by atoms with Gasteiger partial charge < -0.3 is 10.4 Å². The summed E-state index contributed by atoms with van der Waals surface area (Å²) in [6, 6.07) is 8.98. The van der Waals surface area contributed by atoms with Gasteiger partial charge in [-0.3, -0.25) is 10.1 Å². The van der Waals surface area contributed by atoms with Crippen molar-refractivity contribution in [3.8, 4) is 0 Å². The first-order valence-electron chi connectivity index (χ1n) is 5.93. The van der Waals surface area contributed by atoms with Gasteiger partial charge in [0.25, 0.3) is 5.69 Å². The zero-order chi connectivity index (χ0) is 15.6. The molecular formula is C14H11ClN2O4. The van der Waals surface area contributed by atoms with E-state index in [-0.39, 0.29) is 16.3 Å². The van der Waals surface area contributed by atoms with Gasteiger partial charge in [0.15, 0.2) is 0 Å². The van der Waals surface area contributed by atoms with Crippen LogP contribution in [-0.4, -0.2) is 16.0 Å². The molecule has 0 heterocycles. The normalized spacial score (nSPS) is 10.2. The number of carbonyl (C=O) groups is 1.